The molecule has 0 atom stereocenters. The lowest BCUT2D eigenvalue weighted by Crippen LogP contribution is -2.61. The van der Waals surface area contributed by atoms with Gasteiger partial charge in [-0.25, -0.2) is 0 Å². The molecule has 0 aliphatic carbocycles. The standard InChI is InChI=1S/C114H89BN6/c1-112(2,3)76-62-89(72-34-14-10-15-35-72)110(90(63-76)73-36-16-11-17-37-73)120-105-70-81(118-101-52-32-26-46-87(101)93-68-79(56-60-103(93)118)116-97-48-28-22-42-83(97)84-43-23-29-49-98(84)116)54-58-95(105)115-96-59-55-82(119-102-53-33-27-47-88(102)94-69-80(57-61-104(94)119)117-99-50-30-24-44-85(99)86-45-25-31-51-100(86)117)71-106(96)121(108-67-78(114(7,8)9)66-107(120)109(108)115)111-91(74-38-18-12-19-39-74)64-77(113(4,5)6)65-92(111)75-40-20-13-21-41-75/h10-71H,1-9H3/i22D,23D,24D,25D,26D,27D,28D,29D,30D,31D,32D,33D,42D,43D,44D,45D,46D,47D,48D,49D,50D,51D,52D,53D,54D,55D,56D,57D,58D,59D,60D,61D,68D,69D,70D,71D. The zero-order valence-corrected chi connectivity index (χ0v) is 66.8. The number of benzene rings is 17. The first-order valence-electron chi connectivity index (χ1n) is 57.7. The first-order chi connectivity index (χ1) is 74.0. The number of aromatic nitrogens is 4. The van der Waals surface area contributed by atoms with E-state index in [1.807, 2.05) is 220 Å². The van der Waals surface area contributed by atoms with Crippen LogP contribution < -0.4 is 26.2 Å². The van der Waals surface area contributed by atoms with Crippen LogP contribution in [-0.4, -0.2) is 25.0 Å². The third kappa shape index (κ3) is 11.2. The summed E-state index contributed by atoms with van der Waals surface area (Å²) >= 11 is 0. The van der Waals surface area contributed by atoms with Gasteiger partial charge in [-0.05, 0) is 205 Å². The van der Waals surface area contributed by atoms with Gasteiger partial charge in [-0.1, -0.05) is 304 Å². The third-order valence-electron chi connectivity index (χ3n) is 23.4. The van der Waals surface area contributed by atoms with Gasteiger partial charge in [0.15, 0.2) is 0 Å². The molecule has 17 aromatic carbocycles. The van der Waals surface area contributed by atoms with Gasteiger partial charge in [-0.2, -0.15) is 0 Å². The number of rotatable bonds is 10. The second-order valence-electron chi connectivity index (χ2n) is 33.6. The Balaban J connectivity index is 0.949. The molecule has 0 radical (unpaired) electrons. The molecule has 578 valence electrons. The monoisotopic (exact) mass is 1590 g/mol. The summed E-state index contributed by atoms with van der Waals surface area (Å²) in [5, 5.41) is -4.43. The lowest BCUT2D eigenvalue weighted by atomic mass is 9.33. The van der Waals surface area contributed by atoms with Crippen LogP contribution in [0.15, 0.2) is 375 Å². The molecule has 23 rings (SSSR count). The summed E-state index contributed by atoms with van der Waals surface area (Å²) in [6, 6.07) is 16.5. The fourth-order valence-corrected chi connectivity index (χ4v) is 17.6. The Bertz CT molecular complexity index is 9310. The molecule has 2 aliphatic rings. The SMILES string of the molecule is [2H]c1c([2H])c(-n2c3c([2H])c([2H])c([2H])c([2H])c3c3c([2H])c(-n4c5c([2H])c([2H])c([2H])c([2H])c5c5c([2H])c([2H])c([2H])c([2H])c54)c([2H])c([2H])c32)c([2H])c2c1B1c3c(cc(C(C)(C)C)cc3N(c3c(-c4ccccc4)cc(C(C)(C)C)cc3-c3ccccc3)c3c([2H])c(-n4c5c([2H])c([2H])c([2H])c([2H])c5c5c([2H])c(-n6c7c([2H])c([2H])c([2H])c([2H])c7c7c([2H])c([2H])c([2H])c([2H])c76)c([2H])c([2H])c54)c([2H])c([2H])c31)N2c1c(-c2ccccc2)cc(C(C)(C)C)cc1-c1ccccc1. The Morgan fingerprint density at radius 1 is 0.240 bits per heavy atom. The molecule has 2 aliphatic heterocycles. The Labute approximate surface area is 757 Å². The highest BCUT2D eigenvalue weighted by Gasteiger charge is 2.47. The summed E-state index contributed by atoms with van der Waals surface area (Å²) in [5.74, 6) is 0. The van der Waals surface area contributed by atoms with Crippen molar-refractivity contribution in [2.75, 3.05) is 9.80 Å². The average Bonchev–Trinajstić information content (AvgIpc) is 0.684. The molecule has 0 unspecified atom stereocenters. The second kappa shape index (κ2) is 27.1. The highest BCUT2D eigenvalue weighted by molar-refractivity contribution is 7.00. The van der Waals surface area contributed by atoms with Gasteiger partial charge in [0.05, 0.1) is 105 Å². The van der Waals surface area contributed by atoms with E-state index in [9.17, 15) is 38.4 Å². The predicted octanol–water partition coefficient (Wildman–Crippen LogP) is 28.7. The fraction of sp³-hybridized carbons (Fsp3) is 0.105. The molecule has 121 heavy (non-hydrogen) atoms. The molecule has 0 spiro atoms. The van der Waals surface area contributed by atoms with E-state index in [4.69, 9.17) is 11.0 Å². The number of anilines is 6. The van der Waals surface area contributed by atoms with Crippen LogP contribution in [0.25, 0.3) is 154 Å². The zero-order valence-electron chi connectivity index (χ0n) is 103. The van der Waals surface area contributed by atoms with Crippen molar-refractivity contribution in [2.24, 2.45) is 0 Å². The number of nitrogens with zero attached hydrogens (tertiary/aromatic N) is 6. The zero-order chi connectivity index (χ0) is 113. The quantitative estimate of drug-likeness (QED) is 0.128. The van der Waals surface area contributed by atoms with Gasteiger partial charge in [-0.3, -0.25) is 0 Å². The Hall–Kier alpha value is -14.4. The Morgan fingerprint density at radius 3 is 0.760 bits per heavy atom. The van der Waals surface area contributed by atoms with Crippen LogP contribution in [0, 0.1) is 0 Å². The molecular formula is C114H89BN6. The molecule has 0 amide bonds. The summed E-state index contributed by atoms with van der Waals surface area (Å²) in [4.78, 5) is 3.56. The van der Waals surface area contributed by atoms with Gasteiger partial charge in [0.25, 0.3) is 6.71 Å². The van der Waals surface area contributed by atoms with Gasteiger partial charge in [-0.15, -0.1) is 0 Å². The van der Waals surface area contributed by atoms with Crippen molar-refractivity contribution in [3.63, 3.8) is 0 Å². The predicted molar refractivity (Wildman–Crippen MR) is 516 cm³/mol. The van der Waals surface area contributed by atoms with Crippen molar-refractivity contribution < 1.29 is 49.3 Å². The summed E-state index contributed by atoms with van der Waals surface area (Å²) in [5.41, 5.74) is -4.98. The van der Waals surface area contributed by atoms with Gasteiger partial charge < -0.3 is 28.1 Å². The molecule has 4 aromatic heterocycles. The van der Waals surface area contributed by atoms with Crippen LogP contribution in [-0.2, 0) is 16.2 Å². The van der Waals surface area contributed by atoms with E-state index < -0.39 is 350 Å². The maximum absolute atomic E-state index is 12.2. The maximum Gasteiger partial charge on any atom is 0.252 e. The van der Waals surface area contributed by atoms with Crippen molar-refractivity contribution in [1.82, 2.24) is 18.3 Å². The normalized spacial score (nSPS) is 17.1. The molecular weight excluding hydrogens is 1460 g/mol. The first kappa shape index (κ1) is 43.9. The molecule has 0 saturated carbocycles. The first-order valence-corrected chi connectivity index (χ1v) is 39.7. The van der Waals surface area contributed by atoms with Gasteiger partial charge >= 0.3 is 0 Å². The van der Waals surface area contributed by atoms with Crippen LogP contribution >= 0.6 is 0 Å². The van der Waals surface area contributed by atoms with Gasteiger partial charge in [0, 0.05) is 111 Å². The molecule has 0 bridgehead atoms. The topological polar surface area (TPSA) is 26.2 Å². The lowest BCUT2D eigenvalue weighted by Gasteiger charge is -2.47. The molecule has 6 heterocycles. The molecule has 0 saturated heterocycles. The third-order valence-corrected chi connectivity index (χ3v) is 23.4. The average molecular weight is 1590 g/mol. The largest absolute Gasteiger partial charge is 0.310 e. The summed E-state index contributed by atoms with van der Waals surface area (Å²) in [6.07, 6.45) is 0. The molecule has 0 fully saturated rings. The highest BCUT2D eigenvalue weighted by Crippen LogP contribution is 2.56. The van der Waals surface area contributed by atoms with E-state index in [-0.39, 0.29) is 50.5 Å². The fourth-order valence-electron chi connectivity index (χ4n) is 17.6. The van der Waals surface area contributed by atoms with Crippen molar-refractivity contribution in [1.29, 1.82) is 0 Å². The Morgan fingerprint density at radius 2 is 0.479 bits per heavy atom. The van der Waals surface area contributed by atoms with Crippen molar-refractivity contribution in [3.05, 3.63) is 392 Å². The summed E-state index contributed by atoms with van der Waals surface area (Å²) in [7, 11) is 0. The molecule has 0 N–H and O–H groups in total. The Kier molecular flexibility index (Phi) is 9.82. The van der Waals surface area contributed by atoms with Crippen LogP contribution in [0.4, 0.5) is 34.1 Å². The minimum Gasteiger partial charge on any atom is -0.310 e. The van der Waals surface area contributed by atoms with Crippen LogP contribution in [0.1, 0.15) is 128 Å². The molecule has 21 aromatic rings. The second-order valence-corrected chi connectivity index (χ2v) is 33.6. The molecule has 6 nitrogen and oxygen atoms in total. The van der Waals surface area contributed by atoms with Gasteiger partial charge in [0.2, 0.25) is 0 Å². The number of para-hydroxylation sites is 6. The van der Waals surface area contributed by atoms with E-state index >= 15 is 0 Å². The maximum atomic E-state index is 12.2. The number of hydrogen-bond donors (Lipinski definition) is 0. The smallest absolute Gasteiger partial charge is 0.252 e. The number of hydrogen-bond acceptors (Lipinski definition) is 2. The van der Waals surface area contributed by atoms with Gasteiger partial charge in [0.1, 0.15) is 0 Å². The van der Waals surface area contributed by atoms with E-state index in [0.29, 0.717) is 50.1 Å². The van der Waals surface area contributed by atoms with E-state index in [1.54, 1.807) is 9.80 Å². The summed E-state index contributed by atoms with van der Waals surface area (Å²) < 4.78 is 367. The molecule has 7 heteroatoms. The van der Waals surface area contributed by atoms with Crippen LogP contribution in [0.5, 0.6) is 0 Å². The number of fused-ring (bicyclic) bond motifs is 16. The van der Waals surface area contributed by atoms with Crippen molar-refractivity contribution in [2.45, 2.75) is 78.6 Å². The minimum absolute atomic E-state index is 0.146. The lowest BCUT2D eigenvalue weighted by molar-refractivity contribution is 0.590. The van der Waals surface area contributed by atoms with Crippen LogP contribution in [0.2, 0.25) is 0 Å². The summed E-state index contributed by atoms with van der Waals surface area (Å²) in [6.45, 7) is 16.1. The van der Waals surface area contributed by atoms with E-state index in [1.165, 1.54) is 0 Å². The van der Waals surface area contributed by atoms with Crippen molar-refractivity contribution in [3.8, 4) is 67.3 Å². The highest BCUT2D eigenvalue weighted by atomic mass is 15.2. The van der Waals surface area contributed by atoms with E-state index in [0.717, 1.165) is 29.4 Å². The minimum atomic E-state index is -1.89. The van der Waals surface area contributed by atoms with Crippen LogP contribution in [0.3, 0.4) is 0 Å². The van der Waals surface area contributed by atoms with Crippen molar-refractivity contribution >= 4 is 144 Å². The van der Waals surface area contributed by atoms with E-state index in [2.05, 4.69) is 0 Å².